The van der Waals surface area contributed by atoms with Crippen molar-refractivity contribution < 1.29 is 14.3 Å². The Morgan fingerprint density at radius 2 is 1.88 bits per heavy atom. The van der Waals surface area contributed by atoms with E-state index in [0.717, 1.165) is 63.4 Å². The monoisotopic (exact) mass is 564 g/mol. The minimum absolute atomic E-state index is 0.192. The largest absolute Gasteiger partial charge is 0.378 e. The second-order valence-electron chi connectivity index (χ2n) is 13.6. The molecule has 1 aromatic heterocycles. The molecule has 41 heavy (non-hydrogen) atoms. The maximum absolute atomic E-state index is 14.2. The van der Waals surface area contributed by atoms with Gasteiger partial charge in [-0.2, -0.15) is 0 Å². The van der Waals surface area contributed by atoms with Crippen LogP contribution in [0.15, 0.2) is 18.2 Å². The highest BCUT2D eigenvalue weighted by Crippen LogP contribution is 2.37. The summed E-state index contributed by atoms with van der Waals surface area (Å²) in [6, 6.07) is 0. The van der Waals surface area contributed by atoms with Crippen LogP contribution in [-0.4, -0.2) is 65.5 Å². The summed E-state index contributed by atoms with van der Waals surface area (Å²) in [4.78, 5) is 34.2. The zero-order valence-electron chi connectivity index (χ0n) is 25.7. The molecule has 1 saturated carbocycles. The Hall–Kier alpha value is -2.25. The third-order valence-electron chi connectivity index (χ3n) is 9.74. The van der Waals surface area contributed by atoms with E-state index >= 15 is 0 Å². The topological polar surface area (TPSA) is 76.5 Å². The van der Waals surface area contributed by atoms with Crippen molar-refractivity contribution in [2.45, 2.75) is 85.1 Å². The number of Topliss-reactive ketones (excluding diaryl/α,β-unsaturated/α-hetero) is 1. The molecule has 4 atom stereocenters. The second kappa shape index (κ2) is 14.3. The molecule has 0 radical (unpaired) electrons. The van der Waals surface area contributed by atoms with Crippen LogP contribution in [-0.2, 0) is 22.5 Å². The Bertz CT molecular complexity index is 1100. The number of hydrogen-bond donors (Lipinski definition) is 1. The molecule has 0 bridgehead atoms. The van der Waals surface area contributed by atoms with Crippen LogP contribution in [0.4, 0.5) is 0 Å². The lowest BCUT2D eigenvalue weighted by Gasteiger charge is -2.39. The summed E-state index contributed by atoms with van der Waals surface area (Å²) in [5.74, 6) is 3.88. The first kappa shape index (κ1) is 30.2. The highest BCUT2D eigenvalue weighted by atomic mass is 16.5. The van der Waals surface area contributed by atoms with Crippen molar-refractivity contribution in [3.8, 4) is 0 Å². The molecule has 7 heteroatoms. The van der Waals surface area contributed by atoms with E-state index in [9.17, 15) is 9.59 Å². The first-order valence-corrected chi connectivity index (χ1v) is 16.4. The van der Waals surface area contributed by atoms with Gasteiger partial charge in [-0.1, -0.05) is 51.8 Å². The Morgan fingerprint density at radius 1 is 1.07 bits per heavy atom. The van der Waals surface area contributed by atoms with E-state index < -0.39 is 0 Å². The van der Waals surface area contributed by atoms with Crippen molar-refractivity contribution in [3.63, 3.8) is 0 Å². The van der Waals surface area contributed by atoms with Crippen molar-refractivity contribution in [1.82, 2.24) is 19.8 Å². The number of imidazole rings is 1. The number of piperidine rings is 1. The summed E-state index contributed by atoms with van der Waals surface area (Å²) < 4.78 is 7.71. The zero-order chi connectivity index (χ0) is 28.8. The SMILES string of the molecule is CC(C)CC(C)C(CC(=O)c1nc2c(n1CCC1CC1)CC=CCC=C2)C1CNCC(CC(=O)N2CCOCC2)C1. The average molecular weight is 565 g/mol. The van der Waals surface area contributed by atoms with Crippen molar-refractivity contribution >= 4 is 17.8 Å². The van der Waals surface area contributed by atoms with E-state index in [1.54, 1.807) is 0 Å². The number of fused-ring (bicyclic) bond motifs is 1. The van der Waals surface area contributed by atoms with Gasteiger partial charge in [0.25, 0.3) is 0 Å². The molecule has 1 amide bonds. The van der Waals surface area contributed by atoms with Crippen LogP contribution in [0.1, 0.15) is 94.1 Å². The van der Waals surface area contributed by atoms with Gasteiger partial charge in [0, 0.05) is 44.6 Å². The summed E-state index contributed by atoms with van der Waals surface area (Å²) in [7, 11) is 0. The minimum atomic E-state index is 0.192. The van der Waals surface area contributed by atoms with Crippen LogP contribution >= 0.6 is 0 Å². The molecular weight excluding hydrogens is 512 g/mol. The highest BCUT2D eigenvalue weighted by Gasteiger charge is 2.36. The van der Waals surface area contributed by atoms with E-state index in [2.05, 4.69) is 55.0 Å². The van der Waals surface area contributed by atoms with Crippen molar-refractivity contribution in [2.75, 3.05) is 39.4 Å². The predicted molar refractivity (Wildman–Crippen MR) is 164 cm³/mol. The smallest absolute Gasteiger partial charge is 0.223 e. The molecule has 5 rings (SSSR count). The highest BCUT2D eigenvalue weighted by molar-refractivity contribution is 5.93. The minimum Gasteiger partial charge on any atom is -0.378 e. The number of allylic oxidation sites excluding steroid dienone is 3. The molecular formula is C34H52N4O3. The summed E-state index contributed by atoms with van der Waals surface area (Å²) in [6.07, 6.45) is 17.4. The van der Waals surface area contributed by atoms with Gasteiger partial charge >= 0.3 is 0 Å². The van der Waals surface area contributed by atoms with Crippen LogP contribution in [0.5, 0.6) is 0 Å². The van der Waals surface area contributed by atoms with Gasteiger partial charge in [-0.25, -0.2) is 4.98 Å². The molecule has 4 unspecified atom stereocenters. The van der Waals surface area contributed by atoms with Crippen LogP contribution in [0, 0.1) is 35.5 Å². The molecule has 3 heterocycles. The number of aromatic nitrogens is 2. The van der Waals surface area contributed by atoms with Gasteiger partial charge in [0.1, 0.15) is 0 Å². The molecule has 7 nitrogen and oxygen atoms in total. The van der Waals surface area contributed by atoms with Gasteiger partial charge in [0.2, 0.25) is 5.91 Å². The molecule has 3 fully saturated rings. The summed E-state index contributed by atoms with van der Waals surface area (Å²) >= 11 is 0. The van der Waals surface area contributed by atoms with Crippen LogP contribution in [0.25, 0.3) is 6.08 Å². The molecule has 2 aliphatic carbocycles. The molecule has 2 saturated heterocycles. The lowest BCUT2D eigenvalue weighted by Crippen LogP contribution is -2.45. The number of nitrogens with zero attached hydrogens (tertiary/aromatic N) is 3. The number of ether oxygens (including phenoxy) is 1. The number of carbonyl (C=O) groups excluding carboxylic acids is 2. The van der Waals surface area contributed by atoms with Gasteiger partial charge < -0.3 is 19.5 Å². The van der Waals surface area contributed by atoms with Crippen LogP contribution < -0.4 is 5.32 Å². The number of hydrogen-bond acceptors (Lipinski definition) is 5. The van der Waals surface area contributed by atoms with Crippen molar-refractivity contribution in [1.29, 1.82) is 0 Å². The third kappa shape index (κ3) is 8.19. The average Bonchev–Trinajstić information content (AvgIpc) is 3.72. The molecule has 1 aromatic rings. The number of amides is 1. The van der Waals surface area contributed by atoms with Crippen LogP contribution in [0.2, 0.25) is 0 Å². The fourth-order valence-corrected chi connectivity index (χ4v) is 7.37. The fraction of sp³-hybridized carbons (Fsp3) is 0.735. The molecule has 226 valence electrons. The molecule has 2 aliphatic heterocycles. The Morgan fingerprint density at radius 3 is 2.63 bits per heavy atom. The molecule has 1 N–H and O–H groups in total. The third-order valence-corrected chi connectivity index (χ3v) is 9.74. The fourth-order valence-electron chi connectivity index (χ4n) is 7.37. The molecule has 0 spiro atoms. The first-order valence-electron chi connectivity index (χ1n) is 16.4. The molecule has 0 aromatic carbocycles. The normalized spacial score (nSPS) is 24.5. The summed E-state index contributed by atoms with van der Waals surface area (Å²) in [5.41, 5.74) is 2.16. The lowest BCUT2D eigenvalue weighted by molar-refractivity contribution is -0.136. The predicted octanol–water partition coefficient (Wildman–Crippen LogP) is 5.54. The van der Waals surface area contributed by atoms with Gasteiger partial charge in [-0.15, -0.1) is 0 Å². The zero-order valence-corrected chi connectivity index (χ0v) is 25.7. The quantitative estimate of drug-likeness (QED) is 0.266. The van der Waals surface area contributed by atoms with Crippen LogP contribution in [0.3, 0.4) is 0 Å². The summed E-state index contributed by atoms with van der Waals surface area (Å²) in [6.45, 7) is 12.3. The van der Waals surface area contributed by atoms with E-state index in [0.29, 0.717) is 68.6 Å². The number of ketones is 1. The maximum Gasteiger partial charge on any atom is 0.223 e. The van der Waals surface area contributed by atoms with Gasteiger partial charge in [-0.3, -0.25) is 9.59 Å². The van der Waals surface area contributed by atoms with Gasteiger partial charge in [-0.05, 0) is 80.4 Å². The van der Waals surface area contributed by atoms with Gasteiger partial charge in [0.05, 0.1) is 18.9 Å². The van der Waals surface area contributed by atoms with E-state index in [1.165, 1.54) is 18.5 Å². The van der Waals surface area contributed by atoms with E-state index in [-0.39, 0.29) is 17.6 Å². The first-order chi connectivity index (χ1) is 19.9. The molecule has 4 aliphatic rings. The lowest BCUT2D eigenvalue weighted by atomic mass is 9.71. The number of carbonyl (C=O) groups is 2. The Balaban J connectivity index is 1.33. The van der Waals surface area contributed by atoms with Crippen molar-refractivity contribution in [3.05, 3.63) is 35.4 Å². The summed E-state index contributed by atoms with van der Waals surface area (Å²) in [5, 5.41) is 3.66. The van der Waals surface area contributed by atoms with E-state index in [4.69, 9.17) is 9.72 Å². The standard InChI is InChI=1S/C34H52N4O3/c1-24(2)18-25(3)29(28-19-27(22-35-23-28)20-33(40)37-14-16-41-17-15-37)21-32(39)34-36-30-8-6-4-5-7-9-31(30)38(34)13-12-26-10-11-26/h5-8,24-29,35H,4,9-23H2,1-3H3. The van der Waals surface area contributed by atoms with Crippen molar-refractivity contribution in [2.24, 2.45) is 35.5 Å². The Labute approximate surface area is 247 Å². The second-order valence-corrected chi connectivity index (χ2v) is 13.6. The Kier molecular flexibility index (Phi) is 10.5. The maximum atomic E-state index is 14.2. The van der Waals surface area contributed by atoms with Gasteiger partial charge in [0.15, 0.2) is 11.6 Å². The number of nitrogens with one attached hydrogen (secondary N) is 1. The van der Waals surface area contributed by atoms with E-state index in [1.807, 2.05) is 4.90 Å². The number of morpholine rings is 1. The number of rotatable bonds is 12.